The number of hydrogen-bond acceptors (Lipinski definition) is 7. The minimum atomic E-state index is -0.0242. The molecule has 0 radical (unpaired) electrons. The second-order valence-corrected chi connectivity index (χ2v) is 8.48. The van der Waals surface area contributed by atoms with Gasteiger partial charge in [0.1, 0.15) is 11.5 Å². The summed E-state index contributed by atoms with van der Waals surface area (Å²) in [5.74, 6) is 3.00. The Balaban J connectivity index is 1.21. The molecule has 0 spiro atoms. The number of amides is 1. The third kappa shape index (κ3) is 4.25. The van der Waals surface area contributed by atoms with Gasteiger partial charge in [-0.2, -0.15) is 4.98 Å². The zero-order valence-electron chi connectivity index (χ0n) is 19.0. The van der Waals surface area contributed by atoms with Crippen LogP contribution in [0.5, 0.6) is 11.5 Å². The first kappa shape index (κ1) is 21.3. The van der Waals surface area contributed by atoms with Crippen LogP contribution in [0.1, 0.15) is 41.4 Å². The lowest BCUT2D eigenvalue weighted by Gasteiger charge is -2.36. The second-order valence-electron chi connectivity index (χ2n) is 8.48. The third-order valence-electron chi connectivity index (χ3n) is 6.59. The smallest absolute Gasteiger partial charge is 0.257 e. The van der Waals surface area contributed by atoms with Gasteiger partial charge in [-0.1, -0.05) is 11.6 Å². The van der Waals surface area contributed by atoms with Crippen molar-refractivity contribution in [3.05, 3.63) is 53.9 Å². The highest BCUT2D eigenvalue weighted by Gasteiger charge is 2.26. The van der Waals surface area contributed by atoms with Gasteiger partial charge in [-0.3, -0.25) is 4.79 Å². The number of carbonyl (C=O) groups excluding carboxylic acids is 1. The van der Waals surface area contributed by atoms with E-state index in [-0.39, 0.29) is 5.91 Å². The van der Waals surface area contributed by atoms with Crippen LogP contribution < -0.4 is 14.4 Å². The van der Waals surface area contributed by atoms with E-state index in [9.17, 15) is 4.79 Å². The molecular weight excluding hydrogens is 420 g/mol. The topological polar surface area (TPSA) is 80.9 Å². The van der Waals surface area contributed by atoms with Crippen LogP contribution in [-0.2, 0) is 0 Å². The molecule has 1 aromatic heterocycles. The maximum Gasteiger partial charge on any atom is 0.257 e. The molecule has 1 aliphatic carbocycles. The molecule has 0 unspecified atom stereocenters. The summed E-state index contributed by atoms with van der Waals surface area (Å²) in [4.78, 5) is 21.8. The molecule has 1 amide bonds. The number of nitrogens with zero attached hydrogens (tertiary/aromatic N) is 4. The fraction of sp³-hybridized carbons (Fsp3) is 0.400. The molecule has 5 rings (SSSR count). The van der Waals surface area contributed by atoms with E-state index < -0.39 is 0 Å². The van der Waals surface area contributed by atoms with Gasteiger partial charge in [-0.05, 0) is 49.2 Å². The molecule has 1 saturated heterocycles. The first-order chi connectivity index (χ1) is 16.2. The van der Waals surface area contributed by atoms with Crippen molar-refractivity contribution >= 4 is 11.6 Å². The first-order valence-electron chi connectivity index (χ1n) is 11.4. The van der Waals surface area contributed by atoms with E-state index in [4.69, 9.17) is 14.0 Å². The van der Waals surface area contributed by atoms with Crippen LogP contribution in [0, 0.1) is 0 Å². The predicted molar refractivity (Wildman–Crippen MR) is 124 cm³/mol. The molecule has 2 aromatic carbocycles. The summed E-state index contributed by atoms with van der Waals surface area (Å²) in [7, 11) is 3.16. The molecular formula is C25H28N4O4. The van der Waals surface area contributed by atoms with Crippen molar-refractivity contribution in [3.8, 4) is 22.9 Å². The largest absolute Gasteiger partial charge is 0.497 e. The van der Waals surface area contributed by atoms with E-state index in [0.29, 0.717) is 41.9 Å². The number of carbonyl (C=O) groups is 1. The summed E-state index contributed by atoms with van der Waals surface area (Å²) < 4.78 is 16.1. The Morgan fingerprint density at radius 1 is 1.00 bits per heavy atom. The molecule has 0 atom stereocenters. The van der Waals surface area contributed by atoms with Crippen molar-refractivity contribution in [1.29, 1.82) is 0 Å². The summed E-state index contributed by atoms with van der Waals surface area (Å²) in [5, 5.41) is 4.15. The molecule has 172 valence electrons. The minimum Gasteiger partial charge on any atom is -0.497 e. The van der Waals surface area contributed by atoms with Gasteiger partial charge in [0.2, 0.25) is 11.7 Å². The Morgan fingerprint density at radius 3 is 2.39 bits per heavy atom. The van der Waals surface area contributed by atoms with E-state index in [1.54, 1.807) is 32.4 Å². The number of piperazine rings is 1. The van der Waals surface area contributed by atoms with Gasteiger partial charge < -0.3 is 23.8 Å². The quantitative estimate of drug-likeness (QED) is 0.564. The van der Waals surface area contributed by atoms with Gasteiger partial charge in [0.05, 0.1) is 19.8 Å². The number of benzene rings is 2. The zero-order valence-corrected chi connectivity index (χ0v) is 19.0. The van der Waals surface area contributed by atoms with Crippen molar-refractivity contribution < 1.29 is 18.8 Å². The Bertz CT molecular complexity index is 1120. The van der Waals surface area contributed by atoms with E-state index in [2.05, 4.69) is 27.2 Å². The van der Waals surface area contributed by atoms with Crippen LogP contribution in [-0.4, -0.2) is 61.3 Å². The van der Waals surface area contributed by atoms with Crippen LogP contribution in [0.4, 0.5) is 5.69 Å². The molecule has 3 aromatic rings. The van der Waals surface area contributed by atoms with Gasteiger partial charge >= 0.3 is 0 Å². The van der Waals surface area contributed by atoms with Crippen molar-refractivity contribution in [2.75, 3.05) is 45.3 Å². The average molecular weight is 449 g/mol. The Labute approximate surface area is 193 Å². The normalized spacial score (nSPS) is 16.4. The van der Waals surface area contributed by atoms with Gasteiger partial charge in [-0.25, -0.2) is 0 Å². The number of aromatic nitrogens is 2. The van der Waals surface area contributed by atoms with E-state index in [1.807, 2.05) is 17.0 Å². The highest BCUT2D eigenvalue weighted by molar-refractivity contribution is 5.97. The number of rotatable bonds is 6. The average Bonchev–Trinajstić information content (AvgIpc) is 3.31. The van der Waals surface area contributed by atoms with E-state index >= 15 is 0 Å². The maximum atomic E-state index is 13.1. The van der Waals surface area contributed by atoms with Crippen LogP contribution >= 0.6 is 0 Å². The first-order valence-corrected chi connectivity index (χ1v) is 11.4. The highest BCUT2D eigenvalue weighted by Crippen LogP contribution is 2.36. The lowest BCUT2D eigenvalue weighted by Crippen LogP contribution is -2.48. The van der Waals surface area contributed by atoms with Crippen LogP contribution in [0.2, 0.25) is 0 Å². The standard InChI is InChI=1S/C25H28N4O4/c1-31-20-10-11-21(22(16-20)32-2)25(30)29-14-12-28(13-15-29)19-8-6-17(7-9-19)23-26-24(33-27-23)18-4-3-5-18/h6-11,16,18H,3-5,12-15H2,1-2H3. The van der Waals surface area contributed by atoms with Crippen LogP contribution in [0.15, 0.2) is 47.0 Å². The van der Waals surface area contributed by atoms with Gasteiger partial charge in [0.15, 0.2) is 0 Å². The summed E-state index contributed by atoms with van der Waals surface area (Å²) in [6, 6.07) is 13.5. The summed E-state index contributed by atoms with van der Waals surface area (Å²) in [5.41, 5.74) is 2.63. The highest BCUT2D eigenvalue weighted by atomic mass is 16.5. The molecule has 0 N–H and O–H groups in total. The van der Waals surface area contributed by atoms with Gasteiger partial charge in [0, 0.05) is 49.4 Å². The Morgan fingerprint density at radius 2 is 1.76 bits per heavy atom. The predicted octanol–water partition coefficient (Wildman–Crippen LogP) is 3.98. The number of methoxy groups -OCH3 is 2. The van der Waals surface area contributed by atoms with E-state index in [0.717, 1.165) is 43.1 Å². The Kier molecular flexibility index (Phi) is 5.90. The fourth-order valence-corrected chi connectivity index (χ4v) is 4.31. The Hall–Kier alpha value is -3.55. The third-order valence-corrected chi connectivity index (χ3v) is 6.59. The van der Waals surface area contributed by atoms with Crippen LogP contribution in [0.3, 0.4) is 0 Å². The second kappa shape index (κ2) is 9.13. The lowest BCUT2D eigenvalue weighted by atomic mass is 9.85. The minimum absolute atomic E-state index is 0.0242. The molecule has 33 heavy (non-hydrogen) atoms. The zero-order chi connectivity index (χ0) is 22.8. The molecule has 1 saturated carbocycles. The monoisotopic (exact) mass is 448 g/mol. The van der Waals surface area contributed by atoms with Crippen molar-refractivity contribution in [2.45, 2.75) is 25.2 Å². The van der Waals surface area contributed by atoms with Gasteiger partial charge in [-0.15, -0.1) is 0 Å². The van der Waals surface area contributed by atoms with Crippen molar-refractivity contribution in [2.24, 2.45) is 0 Å². The molecule has 2 aliphatic rings. The summed E-state index contributed by atoms with van der Waals surface area (Å²) >= 11 is 0. The molecule has 8 nitrogen and oxygen atoms in total. The van der Waals surface area contributed by atoms with E-state index in [1.165, 1.54) is 6.42 Å². The lowest BCUT2D eigenvalue weighted by molar-refractivity contribution is 0.0743. The van der Waals surface area contributed by atoms with Crippen LogP contribution in [0.25, 0.3) is 11.4 Å². The van der Waals surface area contributed by atoms with Crippen molar-refractivity contribution in [1.82, 2.24) is 15.0 Å². The summed E-state index contributed by atoms with van der Waals surface area (Å²) in [6.07, 6.45) is 3.52. The number of anilines is 1. The number of hydrogen-bond donors (Lipinski definition) is 0. The summed E-state index contributed by atoms with van der Waals surface area (Å²) in [6.45, 7) is 2.81. The molecule has 1 aliphatic heterocycles. The number of ether oxygens (including phenoxy) is 2. The SMILES string of the molecule is COc1ccc(C(=O)N2CCN(c3ccc(-c4noc(C5CCC5)n4)cc3)CC2)c(OC)c1. The molecule has 2 heterocycles. The molecule has 2 fully saturated rings. The molecule has 0 bridgehead atoms. The fourth-order valence-electron chi connectivity index (χ4n) is 4.31. The molecule has 8 heteroatoms. The maximum absolute atomic E-state index is 13.1. The van der Waals surface area contributed by atoms with Crippen molar-refractivity contribution in [3.63, 3.8) is 0 Å². The van der Waals surface area contributed by atoms with Gasteiger partial charge in [0.25, 0.3) is 5.91 Å².